The average Bonchev–Trinajstić information content (AvgIpc) is 3.86. The molecule has 3 fully saturated rings. The van der Waals surface area contributed by atoms with E-state index in [1.807, 2.05) is 25.1 Å². The van der Waals surface area contributed by atoms with Crippen LogP contribution in [0.15, 0.2) is 61.1 Å². The normalized spacial score (nSPS) is 20.8. The van der Waals surface area contributed by atoms with Gasteiger partial charge in [-0.3, -0.25) is 9.59 Å². The van der Waals surface area contributed by atoms with E-state index >= 15 is 0 Å². The second-order valence-electron chi connectivity index (χ2n) is 11.4. The van der Waals surface area contributed by atoms with Crippen molar-refractivity contribution in [3.8, 4) is 18.1 Å². The summed E-state index contributed by atoms with van der Waals surface area (Å²) >= 11 is 0. The molecule has 6 rings (SSSR count). The van der Waals surface area contributed by atoms with Crippen molar-refractivity contribution in [1.29, 1.82) is 10.5 Å². The highest BCUT2D eigenvalue weighted by Crippen LogP contribution is 2.24. The van der Waals surface area contributed by atoms with Crippen LogP contribution in [-0.4, -0.2) is 82.5 Å². The van der Waals surface area contributed by atoms with Gasteiger partial charge in [-0.15, -0.1) is 0 Å². The summed E-state index contributed by atoms with van der Waals surface area (Å²) < 4.78 is 15.8. The Labute approximate surface area is 256 Å². The van der Waals surface area contributed by atoms with E-state index in [4.69, 9.17) is 10.5 Å². The average molecular weight is 598 g/mol. The molecule has 2 N–H and O–H groups in total. The maximum atomic E-state index is 14.3. The molecule has 3 aliphatic rings. The van der Waals surface area contributed by atoms with Crippen molar-refractivity contribution in [1.82, 2.24) is 30.0 Å². The number of nitrogens with zero attached hydrogens (tertiary/aromatic N) is 7. The minimum atomic E-state index is -0.486. The van der Waals surface area contributed by atoms with Crippen molar-refractivity contribution in [3.05, 3.63) is 78.1 Å². The number of likely N-dealkylation sites (tertiary alicyclic amines) is 2. The Kier molecular flexibility index (Phi) is 9.60. The maximum Gasteiger partial charge on any atom is 0.251 e. The number of imidazole rings is 1. The van der Waals surface area contributed by atoms with Crippen molar-refractivity contribution in [3.63, 3.8) is 0 Å². The summed E-state index contributed by atoms with van der Waals surface area (Å²) in [7, 11) is 0. The topological polar surface area (TPSA) is 133 Å². The Morgan fingerprint density at radius 3 is 2.18 bits per heavy atom. The van der Waals surface area contributed by atoms with Crippen molar-refractivity contribution < 1.29 is 14.0 Å². The van der Waals surface area contributed by atoms with Crippen molar-refractivity contribution in [2.24, 2.45) is 5.92 Å². The molecule has 1 aromatic heterocycles. The SMILES string of the molecule is Cc1cn(-c2ccc(C(=O)N[C@@H]3CCN(C#N)C3)cc2F)cn1.N#CN1CC[C@@H](NC(=O)C2CCN(c3ccccc3)C2)C1. The Bertz CT molecular complexity index is 1550. The molecule has 3 aromatic rings. The largest absolute Gasteiger partial charge is 0.371 e. The molecule has 0 spiro atoms. The number of rotatable bonds is 6. The number of nitriles is 2. The zero-order chi connectivity index (χ0) is 31.1. The van der Waals surface area contributed by atoms with Gasteiger partial charge in [0.15, 0.2) is 12.4 Å². The molecule has 228 valence electrons. The predicted octanol–water partition coefficient (Wildman–Crippen LogP) is 2.79. The monoisotopic (exact) mass is 597 g/mol. The first-order valence-corrected chi connectivity index (χ1v) is 14.8. The molecule has 44 heavy (non-hydrogen) atoms. The summed E-state index contributed by atoms with van der Waals surface area (Å²) in [5.74, 6) is -0.623. The number of para-hydroxylation sites is 1. The first-order valence-electron chi connectivity index (χ1n) is 14.8. The van der Waals surface area contributed by atoms with Crippen LogP contribution >= 0.6 is 0 Å². The van der Waals surface area contributed by atoms with E-state index in [0.29, 0.717) is 31.7 Å². The molecule has 2 aromatic carbocycles. The van der Waals surface area contributed by atoms with E-state index in [-0.39, 0.29) is 35.4 Å². The van der Waals surface area contributed by atoms with Gasteiger partial charge in [0.2, 0.25) is 5.91 Å². The highest BCUT2D eigenvalue weighted by Gasteiger charge is 2.31. The second kappa shape index (κ2) is 13.9. The maximum absolute atomic E-state index is 14.3. The molecule has 2 amide bonds. The Morgan fingerprint density at radius 2 is 1.59 bits per heavy atom. The molecule has 0 radical (unpaired) electrons. The lowest BCUT2D eigenvalue weighted by molar-refractivity contribution is -0.125. The summed E-state index contributed by atoms with van der Waals surface area (Å²) in [6.07, 6.45) is 9.93. The third-order valence-corrected chi connectivity index (χ3v) is 8.22. The van der Waals surface area contributed by atoms with Crippen LogP contribution in [-0.2, 0) is 4.79 Å². The lowest BCUT2D eigenvalue weighted by Gasteiger charge is -2.19. The molecule has 3 aliphatic heterocycles. The van der Waals surface area contributed by atoms with Crippen LogP contribution in [0.25, 0.3) is 5.69 Å². The Hall–Kier alpha value is -5.10. The van der Waals surface area contributed by atoms with Crippen LogP contribution in [0.3, 0.4) is 0 Å². The fraction of sp³-hybridized carbons (Fsp3) is 0.406. The number of carbonyl (C=O) groups is 2. The highest BCUT2D eigenvalue weighted by atomic mass is 19.1. The number of carbonyl (C=O) groups excluding carboxylic acids is 2. The van der Waals surface area contributed by atoms with Gasteiger partial charge < -0.3 is 29.9 Å². The minimum Gasteiger partial charge on any atom is -0.371 e. The Balaban J connectivity index is 0.000000175. The number of anilines is 1. The Morgan fingerprint density at radius 1 is 0.909 bits per heavy atom. The number of benzene rings is 2. The fourth-order valence-corrected chi connectivity index (χ4v) is 5.78. The number of aromatic nitrogens is 2. The molecular formula is C32H36FN9O2. The molecule has 1 unspecified atom stereocenters. The van der Waals surface area contributed by atoms with Gasteiger partial charge >= 0.3 is 0 Å². The van der Waals surface area contributed by atoms with Crippen LogP contribution in [0.1, 0.15) is 35.3 Å². The minimum absolute atomic E-state index is 0.0568. The molecule has 0 bridgehead atoms. The van der Waals surface area contributed by atoms with Crippen LogP contribution in [0.4, 0.5) is 10.1 Å². The summed E-state index contributed by atoms with van der Waals surface area (Å²) in [6.45, 7) is 6.06. The van der Waals surface area contributed by atoms with Crippen molar-refractivity contribution >= 4 is 17.5 Å². The lowest BCUT2D eigenvalue weighted by atomic mass is 10.1. The molecular weight excluding hydrogens is 561 g/mol. The van der Waals surface area contributed by atoms with Gasteiger partial charge in [0, 0.05) is 68.8 Å². The van der Waals surface area contributed by atoms with Gasteiger partial charge in [0.25, 0.3) is 5.91 Å². The van der Waals surface area contributed by atoms with Gasteiger partial charge in [0.1, 0.15) is 5.82 Å². The molecule has 11 nitrogen and oxygen atoms in total. The number of amides is 2. The zero-order valence-corrected chi connectivity index (χ0v) is 24.7. The number of hydrogen-bond donors (Lipinski definition) is 2. The van der Waals surface area contributed by atoms with E-state index in [1.54, 1.807) is 32.7 Å². The highest BCUT2D eigenvalue weighted by molar-refractivity contribution is 5.94. The van der Waals surface area contributed by atoms with Gasteiger partial charge in [-0.1, -0.05) is 18.2 Å². The molecule has 3 saturated heterocycles. The number of hydrogen-bond acceptors (Lipinski definition) is 8. The van der Waals surface area contributed by atoms with Crippen LogP contribution < -0.4 is 15.5 Å². The fourth-order valence-electron chi connectivity index (χ4n) is 5.78. The zero-order valence-electron chi connectivity index (χ0n) is 24.7. The quantitative estimate of drug-likeness (QED) is 0.415. The first-order chi connectivity index (χ1) is 21.3. The third-order valence-electron chi connectivity index (χ3n) is 8.22. The molecule has 0 saturated carbocycles. The van der Waals surface area contributed by atoms with Crippen LogP contribution in [0.5, 0.6) is 0 Å². The van der Waals surface area contributed by atoms with Gasteiger partial charge in [0.05, 0.1) is 23.6 Å². The first kappa shape index (κ1) is 30.4. The second-order valence-corrected chi connectivity index (χ2v) is 11.4. The summed E-state index contributed by atoms with van der Waals surface area (Å²) in [6, 6.07) is 14.6. The third kappa shape index (κ3) is 7.45. The van der Waals surface area contributed by atoms with Crippen molar-refractivity contribution in [2.75, 3.05) is 44.2 Å². The van der Waals surface area contributed by atoms with Gasteiger partial charge in [-0.25, -0.2) is 9.37 Å². The van der Waals surface area contributed by atoms with Crippen LogP contribution in [0, 0.1) is 41.6 Å². The summed E-state index contributed by atoms with van der Waals surface area (Å²) in [5.41, 5.74) is 2.58. The van der Waals surface area contributed by atoms with Gasteiger partial charge in [-0.2, -0.15) is 10.5 Å². The van der Waals surface area contributed by atoms with E-state index in [2.05, 4.69) is 45.0 Å². The van der Waals surface area contributed by atoms with E-state index < -0.39 is 5.82 Å². The molecule has 0 aliphatic carbocycles. The molecule has 12 heteroatoms. The molecule has 3 atom stereocenters. The van der Waals surface area contributed by atoms with Crippen molar-refractivity contribution in [2.45, 2.75) is 38.3 Å². The predicted molar refractivity (Wildman–Crippen MR) is 162 cm³/mol. The lowest BCUT2D eigenvalue weighted by Crippen LogP contribution is -2.41. The van der Waals surface area contributed by atoms with Crippen LogP contribution in [0.2, 0.25) is 0 Å². The van der Waals surface area contributed by atoms with E-state index in [0.717, 1.165) is 38.2 Å². The van der Waals surface area contributed by atoms with E-state index in [1.165, 1.54) is 18.1 Å². The van der Waals surface area contributed by atoms with Gasteiger partial charge in [-0.05, 0) is 56.5 Å². The number of nitrogens with one attached hydrogen (secondary N) is 2. The molecule has 4 heterocycles. The van der Waals surface area contributed by atoms with E-state index in [9.17, 15) is 14.0 Å². The number of halogens is 1. The summed E-state index contributed by atoms with van der Waals surface area (Å²) in [4.78, 5) is 34.2. The number of aryl methyl sites for hydroxylation is 1. The smallest absolute Gasteiger partial charge is 0.251 e. The standard InChI is InChI=1S/C16H16FN5O.C16H20N4O/c1-11-7-22(10-19-11)15-3-2-12(6-14(15)17)16(23)20-13-4-5-21(8-13)9-18;17-12-19-8-7-14(11-19)18-16(21)13-6-9-20(10-13)15-4-2-1-3-5-15/h2-3,6-7,10,13H,4-5,8H2,1H3,(H,20,23);1-5,13-14H,6-11H2,(H,18,21)/t13-;13?,14-/m11/s1. The summed E-state index contributed by atoms with van der Waals surface area (Å²) in [5, 5.41) is 23.6.